The normalized spacial score (nSPS) is 12.3. The van der Waals surface area contributed by atoms with E-state index in [1.165, 1.54) is 0 Å². The molecule has 0 aliphatic heterocycles. The maximum atomic E-state index is 6.69. The van der Waals surface area contributed by atoms with Crippen LogP contribution in [0.1, 0.15) is 77.6 Å². The molecule has 0 atom stereocenters. The SMILES string of the molecule is CC(C)(C)c1cccc(C(C)(C)c2cccc(C(C)(C)C)c2Oc2ccc(N)cc2)c1Oc1ccc(N)cc1. The number of ether oxygens (including phenoxy) is 2. The summed E-state index contributed by atoms with van der Waals surface area (Å²) in [5, 5.41) is 0. The van der Waals surface area contributed by atoms with Crippen molar-refractivity contribution in [2.75, 3.05) is 11.5 Å². The molecule has 0 radical (unpaired) electrons. The topological polar surface area (TPSA) is 70.5 Å². The molecule has 4 nitrogen and oxygen atoms in total. The van der Waals surface area contributed by atoms with E-state index in [0.717, 1.165) is 45.3 Å². The van der Waals surface area contributed by atoms with E-state index in [1.807, 2.05) is 48.5 Å². The third-order valence-electron chi connectivity index (χ3n) is 7.19. The molecule has 4 aromatic rings. The van der Waals surface area contributed by atoms with Crippen LogP contribution in [0, 0.1) is 0 Å². The number of benzene rings is 4. The van der Waals surface area contributed by atoms with Crippen molar-refractivity contribution in [1.82, 2.24) is 0 Å². The molecule has 0 aliphatic carbocycles. The first kappa shape index (κ1) is 28.1. The van der Waals surface area contributed by atoms with Gasteiger partial charge in [-0.05, 0) is 59.4 Å². The van der Waals surface area contributed by atoms with Crippen LogP contribution in [0.3, 0.4) is 0 Å². The molecule has 204 valence electrons. The van der Waals surface area contributed by atoms with Crippen LogP contribution < -0.4 is 20.9 Å². The highest BCUT2D eigenvalue weighted by molar-refractivity contribution is 5.59. The molecular weight excluding hydrogens is 480 g/mol. The van der Waals surface area contributed by atoms with Gasteiger partial charge in [-0.1, -0.05) is 91.8 Å². The molecule has 0 aromatic heterocycles. The van der Waals surface area contributed by atoms with E-state index >= 15 is 0 Å². The molecule has 0 spiro atoms. The molecule has 4 heteroatoms. The Morgan fingerprint density at radius 3 is 1.05 bits per heavy atom. The van der Waals surface area contributed by atoms with Crippen LogP contribution in [-0.4, -0.2) is 0 Å². The summed E-state index contributed by atoms with van der Waals surface area (Å²) in [6.45, 7) is 17.8. The average Bonchev–Trinajstić information content (AvgIpc) is 2.85. The Morgan fingerprint density at radius 2 is 0.744 bits per heavy atom. The minimum atomic E-state index is -0.463. The van der Waals surface area contributed by atoms with E-state index in [9.17, 15) is 0 Å². The monoisotopic (exact) mass is 522 g/mol. The summed E-state index contributed by atoms with van der Waals surface area (Å²) in [6, 6.07) is 28.0. The number of nitrogen functional groups attached to an aromatic ring is 2. The van der Waals surface area contributed by atoms with Crippen molar-refractivity contribution in [2.45, 2.75) is 71.6 Å². The third-order valence-corrected chi connectivity index (χ3v) is 7.19. The highest BCUT2D eigenvalue weighted by Gasteiger charge is 2.35. The quantitative estimate of drug-likeness (QED) is 0.247. The van der Waals surface area contributed by atoms with Crippen LogP contribution in [0.5, 0.6) is 23.0 Å². The molecule has 0 fully saturated rings. The summed E-state index contributed by atoms with van der Waals surface area (Å²) < 4.78 is 13.4. The van der Waals surface area contributed by atoms with Crippen LogP contribution in [0.15, 0.2) is 84.9 Å². The molecule has 4 N–H and O–H groups in total. The van der Waals surface area contributed by atoms with Crippen LogP contribution in [-0.2, 0) is 16.2 Å². The third kappa shape index (κ3) is 6.06. The maximum Gasteiger partial charge on any atom is 0.135 e. The molecule has 0 bridgehead atoms. The molecule has 0 saturated carbocycles. The van der Waals surface area contributed by atoms with Gasteiger partial charge in [0, 0.05) is 39.0 Å². The predicted molar refractivity (Wildman–Crippen MR) is 164 cm³/mol. The predicted octanol–water partition coefficient (Wildman–Crippen LogP) is 9.36. The van der Waals surface area contributed by atoms with Crippen molar-refractivity contribution in [2.24, 2.45) is 0 Å². The number of hydrogen-bond donors (Lipinski definition) is 2. The van der Waals surface area contributed by atoms with Crippen LogP contribution in [0.4, 0.5) is 11.4 Å². The van der Waals surface area contributed by atoms with Gasteiger partial charge in [-0.15, -0.1) is 0 Å². The highest BCUT2D eigenvalue weighted by Crippen LogP contribution is 2.49. The molecule has 4 aromatic carbocycles. The molecule has 4 rings (SSSR count). The number of hydrogen-bond acceptors (Lipinski definition) is 4. The van der Waals surface area contributed by atoms with E-state index in [-0.39, 0.29) is 10.8 Å². The minimum Gasteiger partial charge on any atom is -0.457 e. The lowest BCUT2D eigenvalue weighted by molar-refractivity contribution is 0.423. The molecule has 0 unspecified atom stereocenters. The number of para-hydroxylation sites is 2. The van der Waals surface area contributed by atoms with Gasteiger partial charge in [0.15, 0.2) is 0 Å². The largest absolute Gasteiger partial charge is 0.457 e. The summed E-state index contributed by atoms with van der Waals surface area (Å²) in [5.74, 6) is 3.22. The standard InChI is InChI=1S/C35H42N2O2/c1-33(2,3)27-11-9-13-29(31(27)38-25-19-15-23(36)16-20-25)35(7,8)30-14-10-12-28(34(4,5)6)32(30)39-26-21-17-24(37)18-22-26/h9-22H,36-37H2,1-8H3. The van der Waals surface area contributed by atoms with E-state index in [0.29, 0.717) is 11.4 Å². The summed E-state index contributed by atoms with van der Waals surface area (Å²) in [5.41, 5.74) is 17.0. The summed E-state index contributed by atoms with van der Waals surface area (Å²) in [6.07, 6.45) is 0. The zero-order chi connectivity index (χ0) is 28.6. The average molecular weight is 523 g/mol. The lowest BCUT2D eigenvalue weighted by atomic mass is 9.72. The fourth-order valence-electron chi connectivity index (χ4n) is 4.91. The zero-order valence-corrected chi connectivity index (χ0v) is 24.6. The van der Waals surface area contributed by atoms with Crippen molar-refractivity contribution in [3.8, 4) is 23.0 Å². The van der Waals surface area contributed by atoms with Crippen molar-refractivity contribution in [3.63, 3.8) is 0 Å². The van der Waals surface area contributed by atoms with Gasteiger partial charge < -0.3 is 20.9 Å². The summed E-state index contributed by atoms with van der Waals surface area (Å²) in [7, 11) is 0. The number of rotatable bonds is 6. The highest BCUT2D eigenvalue weighted by atomic mass is 16.5. The molecule has 0 saturated heterocycles. The van der Waals surface area contributed by atoms with Crippen LogP contribution in [0.25, 0.3) is 0 Å². The first-order valence-electron chi connectivity index (χ1n) is 13.5. The fourth-order valence-corrected chi connectivity index (χ4v) is 4.91. The fraction of sp³-hybridized carbons (Fsp3) is 0.314. The van der Waals surface area contributed by atoms with Gasteiger partial charge in [-0.3, -0.25) is 0 Å². The second-order valence-corrected chi connectivity index (χ2v) is 12.8. The Hall–Kier alpha value is -3.92. The summed E-state index contributed by atoms with van der Waals surface area (Å²) in [4.78, 5) is 0. The second kappa shape index (κ2) is 10.3. The molecule has 0 heterocycles. The van der Waals surface area contributed by atoms with Gasteiger partial charge in [0.05, 0.1) is 0 Å². The van der Waals surface area contributed by atoms with E-state index in [2.05, 4.69) is 91.8 Å². The molecule has 0 aliphatic rings. The Kier molecular flexibility index (Phi) is 7.44. The Morgan fingerprint density at radius 1 is 0.436 bits per heavy atom. The Labute approximate surface area is 234 Å². The van der Waals surface area contributed by atoms with Crippen molar-refractivity contribution in [3.05, 3.63) is 107 Å². The molecule has 0 amide bonds. The van der Waals surface area contributed by atoms with Crippen molar-refractivity contribution >= 4 is 11.4 Å². The van der Waals surface area contributed by atoms with Crippen molar-refractivity contribution < 1.29 is 9.47 Å². The lowest BCUT2D eigenvalue weighted by Crippen LogP contribution is -2.24. The zero-order valence-electron chi connectivity index (χ0n) is 24.6. The van der Waals surface area contributed by atoms with Crippen molar-refractivity contribution in [1.29, 1.82) is 0 Å². The lowest BCUT2D eigenvalue weighted by Gasteiger charge is -2.35. The van der Waals surface area contributed by atoms with E-state index in [4.69, 9.17) is 20.9 Å². The van der Waals surface area contributed by atoms with Crippen LogP contribution in [0.2, 0.25) is 0 Å². The minimum absolute atomic E-state index is 0.133. The van der Waals surface area contributed by atoms with Gasteiger partial charge in [-0.2, -0.15) is 0 Å². The molecular formula is C35H42N2O2. The van der Waals surface area contributed by atoms with E-state index in [1.54, 1.807) is 0 Å². The van der Waals surface area contributed by atoms with E-state index < -0.39 is 5.41 Å². The van der Waals surface area contributed by atoms with Gasteiger partial charge in [0.25, 0.3) is 0 Å². The Balaban J connectivity index is 1.94. The van der Waals surface area contributed by atoms with Gasteiger partial charge >= 0.3 is 0 Å². The van der Waals surface area contributed by atoms with Gasteiger partial charge in [0.2, 0.25) is 0 Å². The molecule has 39 heavy (non-hydrogen) atoms. The number of anilines is 2. The maximum absolute atomic E-state index is 6.69. The first-order chi connectivity index (χ1) is 18.2. The second-order valence-electron chi connectivity index (χ2n) is 12.8. The first-order valence-corrected chi connectivity index (χ1v) is 13.5. The number of nitrogens with two attached hydrogens (primary N) is 2. The van der Waals surface area contributed by atoms with Crippen LogP contribution >= 0.6 is 0 Å². The summed E-state index contributed by atoms with van der Waals surface area (Å²) >= 11 is 0. The van der Waals surface area contributed by atoms with Gasteiger partial charge in [-0.25, -0.2) is 0 Å². The smallest absolute Gasteiger partial charge is 0.135 e. The Bertz CT molecular complexity index is 1330. The van der Waals surface area contributed by atoms with Gasteiger partial charge in [0.1, 0.15) is 23.0 Å².